The monoisotopic (exact) mass is 333 g/mol. The zero-order valence-electron chi connectivity index (χ0n) is 14.5. The minimum Gasteiger partial charge on any atom is -0.489 e. The summed E-state index contributed by atoms with van der Waals surface area (Å²) in [6, 6.07) is 13.9. The summed E-state index contributed by atoms with van der Waals surface area (Å²) in [5, 5.41) is 1.20. The molecule has 2 aliphatic rings. The molecule has 4 heteroatoms. The van der Waals surface area contributed by atoms with Crippen molar-refractivity contribution in [3.05, 3.63) is 48.8 Å². The van der Waals surface area contributed by atoms with Gasteiger partial charge in [-0.15, -0.1) is 0 Å². The molecule has 0 amide bonds. The second kappa shape index (κ2) is 5.88. The largest absolute Gasteiger partial charge is 0.489 e. The number of ether oxygens (including phenoxy) is 1. The number of hydrogen-bond donors (Lipinski definition) is 1. The third kappa shape index (κ3) is 2.61. The van der Waals surface area contributed by atoms with Gasteiger partial charge in [-0.05, 0) is 57.0 Å². The third-order valence-electron chi connectivity index (χ3n) is 5.96. The van der Waals surface area contributed by atoms with Gasteiger partial charge in [-0.2, -0.15) is 0 Å². The van der Waals surface area contributed by atoms with E-state index in [-0.39, 0.29) is 0 Å². The van der Waals surface area contributed by atoms with Crippen LogP contribution in [0.5, 0.6) is 5.75 Å². The Balaban J connectivity index is 1.35. The number of hydrogen-bond acceptors (Lipinski definition) is 3. The van der Waals surface area contributed by atoms with Crippen molar-refractivity contribution in [3.63, 3.8) is 0 Å². The molecule has 4 nitrogen and oxygen atoms in total. The molecule has 0 spiro atoms. The topological polar surface area (TPSA) is 41.1 Å². The molecule has 2 unspecified atom stereocenters. The fourth-order valence-electron chi connectivity index (χ4n) is 4.57. The zero-order chi connectivity index (χ0) is 16.8. The highest BCUT2D eigenvalue weighted by Gasteiger charge is 2.39. The number of aromatic nitrogens is 2. The van der Waals surface area contributed by atoms with Crippen LogP contribution in [0, 0.1) is 0 Å². The van der Waals surface area contributed by atoms with Gasteiger partial charge in [-0.1, -0.05) is 12.1 Å². The Bertz CT molecular complexity index is 872. The molecule has 2 atom stereocenters. The summed E-state index contributed by atoms with van der Waals surface area (Å²) in [6.07, 6.45) is 9.09. The van der Waals surface area contributed by atoms with Crippen molar-refractivity contribution in [2.45, 2.75) is 43.9 Å². The number of rotatable bonds is 3. The smallest absolute Gasteiger partial charge is 0.138 e. The summed E-state index contributed by atoms with van der Waals surface area (Å²) >= 11 is 0. The van der Waals surface area contributed by atoms with Gasteiger partial charge in [0, 0.05) is 34.7 Å². The van der Waals surface area contributed by atoms with Gasteiger partial charge in [-0.25, -0.2) is 0 Å². The number of pyridine rings is 1. The van der Waals surface area contributed by atoms with E-state index in [0.717, 1.165) is 35.4 Å². The first-order chi connectivity index (χ1) is 12.3. The van der Waals surface area contributed by atoms with E-state index in [1.807, 2.05) is 12.4 Å². The average Bonchev–Trinajstić information content (AvgIpc) is 3.17. The maximum atomic E-state index is 6.25. The second-order valence-corrected chi connectivity index (χ2v) is 7.39. The first-order valence-electron chi connectivity index (χ1n) is 9.19. The third-order valence-corrected chi connectivity index (χ3v) is 5.96. The number of H-pyrrole nitrogens is 1. The molecular formula is C21H23N3O. The van der Waals surface area contributed by atoms with E-state index >= 15 is 0 Å². The standard InChI is InChI=1S/C21H23N3O/c1-24-14-5-6-15(24)12-17(11-14)25-16-7-8-21(23-13-16)18-3-2-4-20-19(18)9-10-22-20/h2-4,7-10,13-15,17,22H,5-6,11-12H2,1H3. The Morgan fingerprint density at radius 1 is 1.08 bits per heavy atom. The molecule has 2 aliphatic heterocycles. The van der Waals surface area contributed by atoms with E-state index in [1.54, 1.807) is 0 Å². The predicted octanol–water partition coefficient (Wildman–Crippen LogP) is 4.23. The molecule has 128 valence electrons. The van der Waals surface area contributed by atoms with Crippen LogP contribution in [-0.2, 0) is 0 Å². The van der Waals surface area contributed by atoms with Crippen molar-refractivity contribution < 1.29 is 4.74 Å². The van der Waals surface area contributed by atoms with Crippen molar-refractivity contribution in [3.8, 4) is 17.0 Å². The Labute approximate surface area is 147 Å². The molecule has 3 aromatic rings. The molecule has 2 bridgehead atoms. The Hall–Kier alpha value is -2.33. The van der Waals surface area contributed by atoms with E-state index in [1.165, 1.54) is 18.2 Å². The van der Waals surface area contributed by atoms with Crippen LogP contribution in [0.25, 0.3) is 22.2 Å². The summed E-state index contributed by atoms with van der Waals surface area (Å²) in [6.45, 7) is 0. The number of aromatic amines is 1. The van der Waals surface area contributed by atoms with Gasteiger partial charge < -0.3 is 14.6 Å². The number of fused-ring (bicyclic) bond motifs is 3. The van der Waals surface area contributed by atoms with Crippen molar-refractivity contribution >= 4 is 10.9 Å². The molecule has 5 rings (SSSR count). The number of benzene rings is 1. The molecule has 0 radical (unpaired) electrons. The fourth-order valence-corrected chi connectivity index (χ4v) is 4.57. The Kier molecular flexibility index (Phi) is 3.52. The Morgan fingerprint density at radius 2 is 1.92 bits per heavy atom. The van der Waals surface area contributed by atoms with Crippen LogP contribution in [0.15, 0.2) is 48.8 Å². The van der Waals surface area contributed by atoms with Crippen LogP contribution < -0.4 is 4.74 Å². The van der Waals surface area contributed by atoms with E-state index in [2.05, 4.69) is 58.3 Å². The maximum absolute atomic E-state index is 6.25. The van der Waals surface area contributed by atoms with Crippen molar-refractivity contribution in [2.24, 2.45) is 0 Å². The molecule has 4 heterocycles. The lowest BCUT2D eigenvalue weighted by Gasteiger charge is -2.36. The van der Waals surface area contributed by atoms with Gasteiger partial charge in [0.2, 0.25) is 0 Å². The molecule has 0 aliphatic carbocycles. The van der Waals surface area contributed by atoms with Crippen molar-refractivity contribution in [1.29, 1.82) is 0 Å². The highest BCUT2D eigenvalue weighted by Crippen LogP contribution is 2.36. The van der Waals surface area contributed by atoms with Crippen molar-refractivity contribution in [1.82, 2.24) is 14.9 Å². The lowest BCUT2D eigenvalue weighted by Crippen LogP contribution is -2.43. The number of nitrogens with one attached hydrogen (secondary N) is 1. The molecule has 2 fully saturated rings. The average molecular weight is 333 g/mol. The van der Waals surface area contributed by atoms with Gasteiger partial charge in [0.15, 0.2) is 0 Å². The van der Waals surface area contributed by atoms with Gasteiger partial charge in [-0.3, -0.25) is 4.98 Å². The van der Waals surface area contributed by atoms with Crippen LogP contribution >= 0.6 is 0 Å². The molecule has 1 N–H and O–H groups in total. The normalized spacial score (nSPS) is 26.2. The summed E-state index contributed by atoms with van der Waals surface area (Å²) in [5.74, 6) is 0.888. The summed E-state index contributed by atoms with van der Waals surface area (Å²) in [5.41, 5.74) is 3.28. The van der Waals surface area contributed by atoms with Gasteiger partial charge in [0.25, 0.3) is 0 Å². The number of nitrogens with zero attached hydrogens (tertiary/aromatic N) is 2. The molecule has 1 aromatic carbocycles. The SMILES string of the molecule is CN1C2CCC1CC(Oc1ccc(-c3cccc4[nH]ccc34)nc1)C2. The van der Waals surface area contributed by atoms with E-state index < -0.39 is 0 Å². The quantitative estimate of drug-likeness (QED) is 0.780. The number of piperidine rings is 1. The summed E-state index contributed by atoms with van der Waals surface area (Å²) < 4.78 is 6.25. The lowest BCUT2D eigenvalue weighted by molar-refractivity contribution is 0.0659. The van der Waals surface area contributed by atoms with E-state index in [4.69, 9.17) is 4.74 Å². The first-order valence-corrected chi connectivity index (χ1v) is 9.19. The van der Waals surface area contributed by atoms with Crippen LogP contribution in [-0.4, -0.2) is 40.1 Å². The first kappa shape index (κ1) is 15.0. The van der Waals surface area contributed by atoms with Crippen LogP contribution in [0.4, 0.5) is 0 Å². The highest BCUT2D eigenvalue weighted by atomic mass is 16.5. The zero-order valence-corrected chi connectivity index (χ0v) is 14.5. The van der Waals surface area contributed by atoms with E-state index in [0.29, 0.717) is 18.2 Å². The maximum Gasteiger partial charge on any atom is 0.138 e. The lowest BCUT2D eigenvalue weighted by atomic mass is 10.0. The van der Waals surface area contributed by atoms with Crippen LogP contribution in [0.1, 0.15) is 25.7 Å². The van der Waals surface area contributed by atoms with Crippen LogP contribution in [0.3, 0.4) is 0 Å². The molecule has 25 heavy (non-hydrogen) atoms. The molecule has 2 saturated heterocycles. The molecule has 2 aromatic heterocycles. The van der Waals surface area contributed by atoms with Crippen molar-refractivity contribution in [2.75, 3.05) is 7.05 Å². The van der Waals surface area contributed by atoms with E-state index in [9.17, 15) is 0 Å². The highest BCUT2D eigenvalue weighted by molar-refractivity contribution is 5.94. The minimum atomic E-state index is 0.328. The minimum absolute atomic E-state index is 0.328. The predicted molar refractivity (Wildman–Crippen MR) is 99.8 cm³/mol. The second-order valence-electron chi connectivity index (χ2n) is 7.39. The van der Waals surface area contributed by atoms with Gasteiger partial charge >= 0.3 is 0 Å². The van der Waals surface area contributed by atoms with Crippen LogP contribution in [0.2, 0.25) is 0 Å². The molecule has 0 saturated carbocycles. The summed E-state index contributed by atoms with van der Waals surface area (Å²) in [4.78, 5) is 10.5. The molecular weight excluding hydrogens is 310 g/mol. The van der Waals surface area contributed by atoms with Gasteiger partial charge in [0.1, 0.15) is 11.9 Å². The Morgan fingerprint density at radius 3 is 2.68 bits per heavy atom. The van der Waals surface area contributed by atoms with Gasteiger partial charge in [0.05, 0.1) is 11.9 Å². The fraction of sp³-hybridized carbons (Fsp3) is 0.381. The summed E-state index contributed by atoms with van der Waals surface area (Å²) in [7, 11) is 2.26.